The van der Waals surface area contributed by atoms with E-state index in [0.29, 0.717) is 5.92 Å². The van der Waals surface area contributed by atoms with Crippen LogP contribution in [-0.4, -0.2) is 30.7 Å². The molecule has 0 unspecified atom stereocenters. The van der Waals surface area contributed by atoms with E-state index in [9.17, 15) is 4.39 Å². The Kier molecular flexibility index (Phi) is 3.13. The Hall–Kier alpha value is -1.64. The highest BCUT2D eigenvalue weighted by molar-refractivity contribution is 5.74. The van der Waals surface area contributed by atoms with Gasteiger partial charge in [0.25, 0.3) is 0 Å². The monoisotopic (exact) mass is 244 g/mol. The number of hydrogen-bond donors (Lipinski definition) is 0. The number of hydrogen-bond acceptors (Lipinski definition) is 2. The van der Waals surface area contributed by atoms with Gasteiger partial charge in [0.15, 0.2) is 0 Å². The third kappa shape index (κ3) is 2.17. The molecule has 1 saturated heterocycles. The molecule has 0 radical (unpaired) electrons. The maximum atomic E-state index is 13.7. The van der Waals surface area contributed by atoms with Gasteiger partial charge in [-0.15, -0.1) is 0 Å². The van der Waals surface area contributed by atoms with E-state index in [2.05, 4.69) is 16.0 Å². The van der Waals surface area contributed by atoms with Crippen LogP contribution >= 0.6 is 0 Å². The van der Waals surface area contributed by atoms with Gasteiger partial charge in [0.05, 0.1) is 6.54 Å². The van der Waals surface area contributed by atoms with E-state index in [1.807, 2.05) is 18.3 Å². The Morgan fingerprint density at radius 3 is 2.61 bits per heavy atom. The molecule has 0 bridgehead atoms. The summed E-state index contributed by atoms with van der Waals surface area (Å²) in [5, 5.41) is 0. The van der Waals surface area contributed by atoms with Crippen LogP contribution in [0.4, 0.5) is 4.39 Å². The maximum absolute atomic E-state index is 13.7. The van der Waals surface area contributed by atoms with Crippen LogP contribution in [0.25, 0.3) is 0 Å². The first kappa shape index (κ1) is 11.5. The number of nitrogens with zero attached hydrogens (tertiary/aromatic N) is 2. The van der Waals surface area contributed by atoms with Gasteiger partial charge >= 0.3 is 0 Å². The van der Waals surface area contributed by atoms with Gasteiger partial charge in [0.1, 0.15) is 5.82 Å². The molecule has 0 atom stereocenters. The minimum absolute atomic E-state index is 0.0561. The standard InChI is InChI=1S/C15H17FN2/c16-15-4-2-1-3-14(15)12-6-9-18(10-7-12)13-5-8-17-11-13/h1-5,8,12H,6-7,9-11H2. The number of allylic oxidation sites excluding steroid dienone is 1. The molecule has 2 heterocycles. The van der Waals surface area contributed by atoms with Crippen molar-refractivity contribution in [3.8, 4) is 0 Å². The zero-order chi connectivity index (χ0) is 12.4. The molecule has 2 aliphatic rings. The first-order valence-electron chi connectivity index (χ1n) is 6.53. The molecule has 0 spiro atoms. The molecule has 1 fully saturated rings. The highest BCUT2D eigenvalue weighted by atomic mass is 19.1. The van der Waals surface area contributed by atoms with E-state index in [1.165, 1.54) is 5.70 Å². The molecule has 3 heteroatoms. The molecule has 1 aromatic rings. The van der Waals surface area contributed by atoms with Crippen molar-refractivity contribution in [1.29, 1.82) is 0 Å². The summed E-state index contributed by atoms with van der Waals surface area (Å²) >= 11 is 0. The predicted molar refractivity (Wildman–Crippen MR) is 71.4 cm³/mol. The maximum Gasteiger partial charge on any atom is 0.126 e. The van der Waals surface area contributed by atoms with Gasteiger partial charge in [-0.25, -0.2) is 4.39 Å². The third-order valence-electron chi connectivity index (χ3n) is 3.87. The predicted octanol–water partition coefficient (Wildman–Crippen LogP) is 2.97. The minimum atomic E-state index is -0.0561. The van der Waals surface area contributed by atoms with Gasteiger partial charge in [0.2, 0.25) is 0 Å². The fourth-order valence-electron chi connectivity index (χ4n) is 2.83. The van der Waals surface area contributed by atoms with Crippen molar-refractivity contribution in [3.63, 3.8) is 0 Å². The summed E-state index contributed by atoms with van der Waals surface area (Å²) in [6, 6.07) is 7.18. The van der Waals surface area contributed by atoms with Gasteiger partial charge in [-0.05, 0) is 36.5 Å². The number of likely N-dealkylation sites (tertiary alicyclic amines) is 1. The summed E-state index contributed by atoms with van der Waals surface area (Å²) in [5.41, 5.74) is 2.19. The summed E-state index contributed by atoms with van der Waals surface area (Å²) in [6.45, 7) is 2.83. The zero-order valence-electron chi connectivity index (χ0n) is 10.3. The Bertz CT molecular complexity index is 485. The zero-order valence-corrected chi connectivity index (χ0v) is 10.3. The Balaban J connectivity index is 1.65. The lowest BCUT2D eigenvalue weighted by atomic mass is 9.89. The average Bonchev–Trinajstić information content (AvgIpc) is 2.94. The first-order chi connectivity index (χ1) is 8.84. The molecular weight excluding hydrogens is 227 g/mol. The summed E-state index contributed by atoms with van der Waals surface area (Å²) in [7, 11) is 0. The van der Waals surface area contributed by atoms with Crippen molar-refractivity contribution in [2.75, 3.05) is 19.6 Å². The van der Waals surface area contributed by atoms with Crippen molar-refractivity contribution < 1.29 is 4.39 Å². The fraction of sp³-hybridized carbons (Fsp3) is 0.400. The summed E-state index contributed by atoms with van der Waals surface area (Å²) < 4.78 is 13.7. The number of benzene rings is 1. The van der Waals surface area contributed by atoms with Crippen LogP contribution in [0.5, 0.6) is 0 Å². The van der Waals surface area contributed by atoms with Crippen LogP contribution in [0.3, 0.4) is 0 Å². The Morgan fingerprint density at radius 1 is 1.17 bits per heavy atom. The molecule has 0 amide bonds. The van der Waals surface area contributed by atoms with E-state index in [1.54, 1.807) is 12.1 Å². The van der Waals surface area contributed by atoms with Gasteiger partial charge in [-0.1, -0.05) is 18.2 Å². The van der Waals surface area contributed by atoms with Gasteiger partial charge < -0.3 is 4.90 Å². The molecule has 2 aliphatic heterocycles. The van der Waals surface area contributed by atoms with E-state index >= 15 is 0 Å². The molecular formula is C15H17FN2. The summed E-state index contributed by atoms with van der Waals surface area (Å²) in [4.78, 5) is 6.59. The molecule has 1 aromatic carbocycles. The molecule has 0 aromatic heterocycles. The largest absolute Gasteiger partial charge is 0.373 e. The van der Waals surface area contributed by atoms with Crippen molar-refractivity contribution in [1.82, 2.24) is 4.90 Å². The molecule has 0 saturated carbocycles. The van der Waals surface area contributed by atoms with Crippen molar-refractivity contribution in [2.45, 2.75) is 18.8 Å². The van der Waals surface area contributed by atoms with Crippen LogP contribution in [0.1, 0.15) is 24.3 Å². The molecule has 2 nitrogen and oxygen atoms in total. The third-order valence-corrected chi connectivity index (χ3v) is 3.87. The molecule has 18 heavy (non-hydrogen) atoms. The van der Waals surface area contributed by atoms with Crippen LogP contribution in [0.15, 0.2) is 41.0 Å². The number of aliphatic imine (C=N–C) groups is 1. The van der Waals surface area contributed by atoms with Crippen molar-refractivity contribution in [2.24, 2.45) is 4.99 Å². The van der Waals surface area contributed by atoms with Crippen LogP contribution in [0, 0.1) is 5.82 Å². The normalized spacial score (nSPS) is 20.3. The second-order valence-electron chi connectivity index (χ2n) is 4.93. The number of halogens is 1. The van der Waals surface area contributed by atoms with E-state index in [4.69, 9.17) is 0 Å². The topological polar surface area (TPSA) is 15.6 Å². The first-order valence-corrected chi connectivity index (χ1v) is 6.53. The summed E-state index contributed by atoms with van der Waals surface area (Å²) in [5.74, 6) is 0.310. The van der Waals surface area contributed by atoms with E-state index < -0.39 is 0 Å². The van der Waals surface area contributed by atoms with Gasteiger partial charge in [-0.3, -0.25) is 4.99 Å². The van der Waals surface area contributed by atoms with Gasteiger partial charge in [-0.2, -0.15) is 0 Å². The number of rotatable bonds is 2. The molecule has 0 aliphatic carbocycles. The van der Waals surface area contributed by atoms with E-state index in [0.717, 1.165) is 38.0 Å². The lowest BCUT2D eigenvalue weighted by molar-refractivity contribution is 0.259. The Morgan fingerprint density at radius 2 is 1.94 bits per heavy atom. The van der Waals surface area contributed by atoms with Crippen molar-refractivity contribution in [3.05, 3.63) is 47.4 Å². The smallest absolute Gasteiger partial charge is 0.126 e. The molecule has 0 N–H and O–H groups in total. The second-order valence-corrected chi connectivity index (χ2v) is 4.93. The second kappa shape index (κ2) is 4.92. The van der Waals surface area contributed by atoms with E-state index in [-0.39, 0.29) is 5.82 Å². The number of piperidine rings is 1. The van der Waals surface area contributed by atoms with Crippen LogP contribution < -0.4 is 0 Å². The minimum Gasteiger partial charge on any atom is -0.373 e. The van der Waals surface area contributed by atoms with Crippen molar-refractivity contribution >= 4 is 6.21 Å². The quantitative estimate of drug-likeness (QED) is 0.781. The van der Waals surface area contributed by atoms with Gasteiger partial charge in [0, 0.05) is 25.0 Å². The van der Waals surface area contributed by atoms with Crippen LogP contribution in [0.2, 0.25) is 0 Å². The summed E-state index contributed by atoms with van der Waals surface area (Å²) in [6.07, 6.45) is 6.01. The molecule has 94 valence electrons. The molecule has 3 rings (SSSR count). The Labute approximate surface area is 107 Å². The lowest BCUT2D eigenvalue weighted by Crippen LogP contribution is -2.33. The van der Waals surface area contributed by atoms with Crippen LogP contribution in [-0.2, 0) is 0 Å². The fourth-order valence-corrected chi connectivity index (χ4v) is 2.83. The SMILES string of the molecule is Fc1ccccc1C1CCN(C2=CC=NC2)CC1. The highest BCUT2D eigenvalue weighted by Crippen LogP contribution is 2.31. The highest BCUT2D eigenvalue weighted by Gasteiger charge is 2.23. The average molecular weight is 244 g/mol. The lowest BCUT2D eigenvalue weighted by Gasteiger charge is -2.34.